The maximum atomic E-state index is 12.5. The average Bonchev–Trinajstić information content (AvgIpc) is 2.09. The highest BCUT2D eigenvalue weighted by Gasteiger charge is 2.32. The number of phenols is 1. The lowest BCUT2D eigenvalue weighted by Gasteiger charge is -2.24. The molecule has 5 heteroatoms. The molecule has 1 aromatic rings. The molecule has 14 heavy (non-hydrogen) atoms. The summed E-state index contributed by atoms with van der Waals surface area (Å²) in [5.41, 5.74) is 3.85. The summed E-state index contributed by atoms with van der Waals surface area (Å²) in [7, 11) is 0. The van der Waals surface area contributed by atoms with E-state index in [1.807, 2.05) is 0 Å². The van der Waals surface area contributed by atoms with E-state index < -0.39 is 12.0 Å². The van der Waals surface area contributed by atoms with Crippen molar-refractivity contribution >= 4 is 11.6 Å². The normalized spacial score (nSPS) is 15.6. The highest BCUT2D eigenvalue weighted by atomic mass is 35.5. The molecule has 0 heterocycles. The van der Waals surface area contributed by atoms with Crippen LogP contribution in [0.1, 0.15) is 12.5 Å². The van der Waals surface area contributed by atoms with Crippen molar-refractivity contribution in [3.8, 4) is 5.75 Å². The molecule has 0 aliphatic rings. The zero-order valence-electron chi connectivity index (χ0n) is 7.47. The van der Waals surface area contributed by atoms with Crippen LogP contribution in [0.3, 0.4) is 0 Å². The first-order chi connectivity index (χ1) is 6.35. The van der Waals surface area contributed by atoms with Crippen LogP contribution in [0.5, 0.6) is 5.75 Å². The fraction of sp³-hybridized carbons (Fsp3) is 0.333. The molecule has 2 nitrogen and oxygen atoms in total. The van der Waals surface area contributed by atoms with E-state index in [2.05, 4.69) is 0 Å². The van der Waals surface area contributed by atoms with Crippen molar-refractivity contribution < 1.29 is 13.9 Å². The zero-order valence-corrected chi connectivity index (χ0v) is 8.22. The van der Waals surface area contributed by atoms with Crippen molar-refractivity contribution in [3.63, 3.8) is 0 Å². The molecule has 0 radical (unpaired) electrons. The van der Waals surface area contributed by atoms with E-state index in [-0.39, 0.29) is 16.3 Å². The number of alkyl halides is 2. The van der Waals surface area contributed by atoms with Gasteiger partial charge in [-0.25, -0.2) is 8.78 Å². The van der Waals surface area contributed by atoms with E-state index >= 15 is 0 Å². The van der Waals surface area contributed by atoms with Crippen LogP contribution in [-0.2, 0) is 5.54 Å². The van der Waals surface area contributed by atoms with Gasteiger partial charge in [-0.05, 0) is 24.6 Å². The minimum absolute atomic E-state index is 0.0137. The molecule has 0 spiro atoms. The Balaban J connectivity index is 3.14. The number of rotatable bonds is 2. The highest BCUT2D eigenvalue weighted by Crippen LogP contribution is 2.31. The van der Waals surface area contributed by atoms with Crippen LogP contribution in [0.15, 0.2) is 18.2 Å². The summed E-state index contributed by atoms with van der Waals surface area (Å²) >= 11 is 5.57. The largest absolute Gasteiger partial charge is 0.506 e. The minimum atomic E-state index is -2.69. The summed E-state index contributed by atoms with van der Waals surface area (Å²) in [4.78, 5) is 0. The zero-order chi connectivity index (χ0) is 10.9. The lowest BCUT2D eigenvalue weighted by molar-refractivity contribution is 0.0625. The van der Waals surface area contributed by atoms with Gasteiger partial charge in [0.25, 0.3) is 6.43 Å². The van der Waals surface area contributed by atoms with Crippen LogP contribution in [0.25, 0.3) is 0 Å². The van der Waals surface area contributed by atoms with E-state index in [4.69, 9.17) is 22.4 Å². The molecule has 0 aromatic heterocycles. The molecule has 0 saturated carbocycles. The Morgan fingerprint density at radius 2 is 2.07 bits per heavy atom. The molecule has 0 bridgehead atoms. The Bertz CT molecular complexity index is 342. The van der Waals surface area contributed by atoms with Gasteiger partial charge in [0.15, 0.2) is 0 Å². The summed E-state index contributed by atoms with van der Waals surface area (Å²) in [6, 6.07) is 3.81. The third-order valence-electron chi connectivity index (χ3n) is 2.02. The summed E-state index contributed by atoms with van der Waals surface area (Å²) in [5.74, 6) is -0.152. The van der Waals surface area contributed by atoms with Crippen LogP contribution in [0.4, 0.5) is 8.78 Å². The SMILES string of the molecule is CC(N)(c1ccc(O)c(Cl)c1)C(F)F. The maximum absolute atomic E-state index is 12.5. The van der Waals surface area contributed by atoms with E-state index in [1.54, 1.807) is 0 Å². The Labute approximate surface area is 85.3 Å². The second-order valence-corrected chi connectivity index (χ2v) is 3.66. The van der Waals surface area contributed by atoms with Gasteiger partial charge in [-0.3, -0.25) is 0 Å². The summed E-state index contributed by atoms with van der Waals surface area (Å²) in [6.45, 7) is 1.21. The third-order valence-corrected chi connectivity index (χ3v) is 2.33. The molecular formula is C9H10ClF2NO. The van der Waals surface area contributed by atoms with Gasteiger partial charge in [0.05, 0.1) is 10.6 Å². The molecule has 0 aliphatic carbocycles. The van der Waals surface area contributed by atoms with Crippen LogP contribution < -0.4 is 5.73 Å². The molecule has 3 N–H and O–H groups in total. The summed E-state index contributed by atoms with van der Waals surface area (Å²) in [6.07, 6.45) is -2.69. The Kier molecular flexibility index (Phi) is 2.97. The highest BCUT2D eigenvalue weighted by molar-refractivity contribution is 6.32. The van der Waals surface area contributed by atoms with Crippen LogP contribution >= 0.6 is 11.6 Å². The number of benzene rings is 1. The number of hydrogen-bond acceptors (Lipinski definition) is 2. The van der Waals surface area contributed by atoms with E-state index in [0.29, 0.717) is 0 Å². The van der Waals surface area contributed by atoms with Crippen molar-refractivity contribution in [1.82, 2.24) is 0 Å². The van der Waals surface area contributed by atoms with Crippen molar-refractivity contribution in [1.29, 1.82) is 0 Å². The monoisotopic (exact) mass is 221 g/mol. The summed E-state index contributed by atoms with van der Waals surface area (Å²) < 4.78 is 25.0. The molecule has 0 amide bonds. The van der Waals surface area contributed by atoms with Gasteiger partial charge in [-0.2, -0.15) is 0 Å². The van der Waals surface area contributed by atoms with Crippen molar-refractivity contribution in [2.75, 3.05) is 0 Å². The standard InChI is InChI=1S/C9H10ClF2NO/c1-9(13,8(11)12)5-2-3-7(14)6(10)4-5/h2-4,8,14H,13H2,1H3. The molecule has 1 atom stereocenters. The number of halogens is 3. The number of nitrogens with two attached hydrogens (primary N) is 1. The van der Waals surface area contributed by atoms with Gasteiger partial charge in [0, 0.05) is 0 Å². The van der Waals surface area contributed by atoms with Gasteiger partial charge in [0.1, 0.15) is 5.75 Å². The molecule has 0 saturated heterocycles. The van der Waals surface area contributed by atoms with Crippen molar-refractivity contribution in [2.24, 2.45) is 5.73 Å². The summed E-state index contributed by atoms with van der Waals surface area (Å²) in [5, 5.41) is 9.10. The molecule has 1 unspecified atom stereocenters. The van der Waals surface area contributed by atoms with E-state index in [9.17, 15) is 8.78 Å². The molecule has 1 rings (SSSR count). The molecule has 78 valence electrons. The first-order valence-electron chi connectivity index (χ1n) is 3.91. The van der Waals surface area contributed by atoms with Crippen LogP contribution in [0.2, 0.25) is 5.02 Å². The molecule has 1 aromatic carbocycles. The lowest BCUT2D eigenvalue weighted by atomic mass is 9.94. The molecule has 0 aliphatic heterocycles. The van der Waals surface area contributed by atoms with Gasteiger partial charge in [-0.1, -0.05) is 17.7 Å². The van der Waals surface area contributed by atoms with Crippen LogP contribution in [-0.4, -0.2) is 11.5 Å². The minimum Gasteiger partial charge on any atom is -0.506 e. The van der Waals surface area contributed by atoms with Gasteiger partial charge >= 0.3 is 0 Å². The molecule has 0 fully saturated rings. The second-order valence-electron chi connectivity index (χ2n) is 3.25. The van der Waals surface area contributed by atoms with E-state index in [0.717, 1.165) is 0 Å². The Hall–Kier alpha value is -0.870. The smallest absolute Gasteiger partial charge is 0.260 e. The fourth-order valence-electron chi connectivity index (χ4n) is 0.968. The average molecular weight is 222 g/mol. The fourth-order valence-corrected chi connectivity index (χ4v) is 1.15. The number of aromatic hydroxyl groups is 1. The lowest BCUT2D eigenvalue weighted by Crippen LogP contribution is -2.40. The Morgan fingerprint density at radius 1 is 1.50 bits per heavy atom. The first kappa shape index (κ1) is 11.2. The third kappa shape index (κ3) is 1.96. The Morgan fingerprint density at radius 3 is 2.50 bits per heavy atom. The predicted molar refractivity (Wildman–Crippen MR) is 50.7 cm³/mol. The first-order valence-corrected chi connectivity index (χ1v) is 4.29. The van der Waals surface area contributed by atoms with Gasteiger partial charge in [-0.15, -0.1) is 0 Å². The molecular weight excluding hydrogens is 212 g/mol. The number of hydrogen-bond donors (Lipinski definition) is 2. The maximum Gasteiger partial charge on any atom is 0.260 e. The van der Waals surface area contributed by atoms with Crippen LogP contribution in [0, 0.1) is 0 Å². The van der Waals surface area contributed by atoms with Gasteiger partial charge < -0.3 is 10.8 Å². The quantitative estimate of drug-likeness (QED) is 0.806. The predicted octanol–water partition coefficient (Wildman–Crippen LogP) is 2.48. The van der Waals surface area contributed by atoms with Crippen molar-refractivity contribution in [2.45, 2.75) is 18.9 Å². The van der Waals surface area contributed by atoms with E-state index in [1.165, 1.54) is 25.1 Å². The van der Waals surface area contributed by atoms with Crippen molar-refractivity contribution in [3.05, 3.63) is 28.8 Å². The topological polar surface area (TPSA) is 46.2 Å². The van der Waals surface area contributed by atoms with Gasteiger partial charge in [0.2, 0.25) is 0 Å². The number of phenolic OH excluding ortho intramolecular Hbond substituents is 1. The second kappa shape index (κ2) is 3.71.